The molecule has 0 atom stereocenters. The van der Waals surface area contributed by atoms with Crippen LogP contribution in [0.25, 0.3) is 0 Å². The predicted molar refractivity (Wildman–Crippen MR) is 115 cm³/mol. The number of hydrazone groups is 2. The Labute approximate surface area is 185 Å². The maximum absolute atomic E-state index is 11.8. The summed E-state index contributed by atoms with van der Waals surface area (Å²) in [6, 6.07) is 6.66. The van der Waals surface area contributed by atoms with Crippen molar-refractivity contribution in [3.05, 3.63) is 67.8 Å². The molecule has 2 rings (SSSR count). The monoisotopic (exact) mass is 458 g/mol. The molecule has 14 nitrogen and oxygen atoms in total. The Morgan fingerprint density at radius 3 is 1.58 bits per heavy atom. The maximum Gasteiger partial charge on any atom is 0.270 e. The smallest absolute Gasteiger partial charge is 0.270 e. The second kappa shape index (κ2) is 11.5. The highest BCUT2D eigenvalue weighted by Gasteiger charge is 2.10. The molecule has 0 aliphatic heterocycles. The van der Waals surface area contributed by atoms with Gasteiger partial charge in [0, 0.05) is 48.2 Å². The first-order chi connectivity index (χ1) is 15.7. The zero-order valence-electron chi connectivity index (χ0n) is 16.9. The van der Waals surface area contributed by atoms with E-state index in [0.29, 0.717) is 0 Å². The van der Waals surface area contributed by atoms with Crippen molar-refractivity contribution in [1.82, 2.24) is 10.9 Å². The number of amides is 2. The fraction of sp³-hybridized carbons (Fsp3) is 0.158. The van der Waals surface area contributed by atoms with Gasteiger partial charge in [-0.25, -0.2) is 10.9 Å². The zero-order chi connectivity index (χ0) is 24.4. The fourth-order valence-electron chi connectivity index (χ4n) is 2.39. The van der Waals surface area contributed by atoms with Gasteiger partial charge in [0.15, 0.2) is 0 Å². The number of nitrogens with one attached hydrogen (secondary N) is 2. The van der Waals surface area contributed by atoms with Crippen LogP contribution >= 0.6 is 0 Å². The van der Waals surface area contributed by atoms with Crippen molar-refractivity contribution >= 4 is 35.6 Å². The lowest BCUT2D eigenvalue weighted by molar-refractivity contribution is -0.385. The minimum atomic E-state index is -0.642. The van der Waals surface area contributed by atoms with E-state index in [0.717, 1.165) is 48.8 Å². The van der Waals surface area contributed by atoms with Gasteiger partial charge in [-0.1, -0.05) is 0 Å². The molecule has 0 aliphatic rings. The number of nitro groups is 2. The standard InChI is InChI=1S/C19H18N6O8/c26-16-6-4-14(24(30)31)8-12(16)10-20-22-18(28)2-1-3-19(29)23-21-11-13-9-15(25(32)33)5-7-17(13)27/h4-11,26-27H,1-3H2,(H,22,28)(H,23,29)/b20-10+,21-11+. The minimum absolute atomic E-state index is 0.0384. The van der Waals surface area contributed by atoms with Crippen molar-refractivity contribution in [2.75, 3.05) is 0 Å². The van der Waals surface area contributed by atoms with Gasteiger partial charge < -0.3 is 10.2 Å². The van der Waals surface area contributed by atoms with E-state index in [1.54, 1.807) is 0 Å². The summed E-state index contributed by atoms with van der Waals surface area (Å²) < 4.78 is 0. The van der Waals surface area contributed by atoms with Crippen molar-refractivity contribution in [2.45, 2.75) is 19.3 Å². The molecule has 0 radical (unpaired) electrons. The molecule has 172 valence electrons. The van der Waals surface area contributed by atoms with Crippen molar-refractivity contribution < 1.29 is 29.6 Å². The summed E-state index contributed by atoms with van der Waals surface area (Å²) in [5.41, 5.74) is 3.91. The lowest BCUT2D eigenvalue weighted by atomic mass is 10.2. The number of rotatable bonds is 10. The summed E-state index contributed by atoms with van der Waals surface area (Å²) in [6.07, 6.45) is 2.10. The first-order valence-corrected chi connectivity index (χ1v) is 9.26. The number of non-ortho nitro benzene ring substituents is 2. The van der Waals surface area contributed by atoms with E-state index in [-0.39, 0.29) is 53.3 Å². The van der Waals surface area contributed by atoms with Crippen LogP contribution in [0.1, 0.15) is 30.4 Å². The Balaban J connectivity index is 1.76. The topological polar surface area (TPSA) is 210 Å². The predicted octanol–water partition coefficient (Wildman–Crippen LogP) is 1.68. The van der Waals surface area contributed by atoms with Crippen LogP contribution in [0.15, 0.2) is 46.6 Å². The second-order valence-corrected chi connectivity index (χ2v) is 6.44. The largest absolute Gasteiger partial charge is 0.507 e. The van der Waals surface area contributed by atoms with E-state index in [9.17, 15) is 40.0 Å². The van der Waals surface area contributed by atoms with Gasteiger partial charge in [-0.3, -0.25) is 29.8 Å². The van der Waals surface area contributed by atoms with Gasteiger partial charge in [-0.15, -0.1) is 0 Å². The van der Waals surface area contributed by atoms with Gasteiger partial charge in [0.05, 0.1) is 22.3 Å². The molecule has 14 heteroatoms. The second-order valence-electron chi connectivity index (χ2n) is 6.44. The molecule has 0 bridgehead atoms. The number of phenols is 2. The number of benzene rings is 2. The highest BCUT2D eigenvalue weighted by molar-refractivity contribution is 5.87. The quantitative estimate of drug-likeness (QED) is 0.233. The van der Waals surface area contributed by atoms with Crippen LogP contribution in [0.3, 0.4) is 0 Å². The average Bonchev–Trinajstić information content (AvgIpc) is 2.76. The van der Waals surface area contributed by atoms with Crippen LogP contribution in [0.2, 0.25) is 0 Å². The van der Waals surface area contributed by atoms with Crippen molar-refractivity contribution in [3.8, 4) is 11.5 Å². The molecule has 0 aromatic heterocycles. The molecule has 0 aliphatic carbocycles. The molecule has 0 heterocycles. The van der Waals surface area contributed by atoms with Gasteiger partial charge in [-0.2, -0.15) is 10.2 Å². The van der Waals surface area contributed by atoms with Crippen LogP contribution < -0.4 is 10.9 Å². The third-order valence-corrected chi connectivity index (χ3v) is 4.04. The van der Waals surface area contributed by atoms with E-state index in [1.807, 2.05) is 0 Å². The van der Waals surface area contributed by atoms with E-state index in [1.165, 1.54) is 0 Å². The number of aromatic hydroxyl groups is 2. The minimum Gasteiger partial charge on any atom is -0.507 e. The van der Waals surface area contributed by atoms with Gasteiger partial charge in [-0.05, 0) is 18.6 Å². The van der Waals surface area contributed by atoms with Crippen LogP contribution in [0, 0.1) is 20.2 Å². The van der Waals surface area contributed by atoms with Crippen LogP contribution in [-0.4, -0.2) is 44.3 Å². The normalized spacial score (nSPS) is 10.9. The SMILES string of the molecule is O=C(CCCC(=O)N/N=C/c1cc([N+](=O)[O-])ccc1O)N/N=C/c1cc([N+](=O)[O-])ccc1O. The maximum atomic E-state index is 11.8. The number of carbonyl (C=O) groups excluding carboxylic acids is 2. The Morgan fingerprint density at radius 1 is 0.818 bits per heavy atom. The number of hydrogen-bond donors (Lipinski definition) is 4. The van der Waals surface area contributed by atoms with Gasteiger partial charge in [0.1, 0.15) is 11.5 Å². The number of hydrogen-bond acceptors (Lipinski definition) is 10. The van der Waals surface area contributed by atoms with E-state index >= 15 is 0 Å². The molecule has 0 saturated heterocycles. The molecule has 2 amide bonds. The van der Waals surface area contributed by atoms with Crippen LogP contribution in [-0.2, 0) is 9.59 Å². The number of carbonyl (C=O) groups is 2. The molecule has 33 heavy (non-hydrogen) atoms. The summed E-state index contributed by atoms with van der Waals surface area (Å²) in [7, 11) is 0. The molecular weight excluding hydrogens is 440 g/mol. The van der Waals surface area contributed by atoms with Gasteiger partial charge in [0.25, 0.3) is 11.4 Å². The van der Waals surface area contributed by atoms with Gasteiger partial charge in [0.2, 0.25) is 11.8 Å². The van der Waals surface area contributed by atoms with Gasteiger partial charge >= 0.3 is 0 Å². The van der Waals surface area contributed by atoms with Crippen molar-refractivity contribution in [3.63, 3.8) is 0 Å². The summed E-state index contributed by atoms with van der Waals surface area (Å²) >= 11 is 0. The molecule has 0 spiro atoms. The summed E-state index contributed by atoms with van der Waals surface area (Å²) in [5.74, 6) is -1.58. The molecule has 4 N–H and O–H groups in total. The molecule has 0 saturated carbocycles. The molecule has 2 aromatic rings. The fourth-order valence-corrected chi connectivity index (χ4v) is 2.39. The molecule has 2 aromatic carbocycles. The summed E-state index contributed by atoms with van der Waals surface area (Å²) in [4.78, 5) is 43.7. The first-order valence-electron chi connectivity index (χ1n) is 9.26. The van der Waals surface area contributed by atoms with E-state index in [4.69, 9.17) is 0 Å². The average molecular weight is 458 g/mol. The first kappa shape index (κ1) is 24.4. The Kier molecular flexibility index (Phi) is 8.50. The van der Waals surface area contributed by atoms with Crippen LogP contribution in [0.5, 0.6) is 11.5 Å². The Hall–Kier alpha value is -4.88. The third kappa shape index (κ3) is 7.71. The number of nitrogens with zero attached hydrogens (tertiary/aromatic N) is 4. The summed E-state index contributed by atoms with van der Waals surface area (Å²) in [5, 5.41) is 48.0. The lowest BCUT2D eigenvalue weighted by Crippen LogP contribution is -2.20. The van der Waals surface area contributed by atoms with Crippen LogP contribution in [0.4, 0.5) is 11.4 Å². The lowest BCUT2D eigenvalue weighted by Gasteiger charge is -2.02. The zero-order valence-corrected chi connectivity index (χ0v) is 16.9. The highest BCUT2D eigenvalue weighted by atomic mass is 16.6. The van der Waals surface area contributed by atoms with Crippen molar-refractivity contribution in [1.29, 1.82) is 0 Å². The Morgan fingerprint density at radius 2 is 1.21 bits per heavy atom. The molecular formula is C19H18N6O8. The molecule has 0 fully saturated rings. The summed E-state index contributed by atoms with van der Waals surface area (Å²) in [6.45, 7) is 0. The third-order valence-electron chi connectivity index (χ3n) is 4.04. The van der Waals surface area contributed by atoms with Crippen molar-refractivity contribution in [2.24, 2.45) is 10.2 Å². The highest BCUT2D eigenvalue weighted by Crippen LogP contribution is 2.22. The number of phenolic OH excluding ortho intramolecular Hbond substituents is 2. The molecule has 0 unspecified atom stereocenters. The Bertz CT molecular complexity index is 1040. The van der Waals surface area contributed by atoms with E-state index < -0.39 is 21.7 Å². The van der Waals surface area contributed by atoms with E-state index in [2.05, 4.69) is 21.1 Å². The number of nitro benzene ring substituents is 2.